The van der Waals surface area contributed by atoms with Gasteiger partial charge in [0.25, 0.3) is 0 Å². The number of Topliss-reactive ketones (excluding diaryl/α,β-unsaturated/α-hetero) is 1. The number of aliphatic carboxylic acids is 1. The van der Waals surface area contributed by atoms with E-state index in [0.717, 1.165) is 38.9 Å². The minimum atomic E-state index is -0.909. The van der Waals surface area contributed by atoms with E-state index in [4.69, 9.17) is 14.9 Å². The van der Waals surface area contributed by atoms with Crippen LogP contribution >= 0.6 is 0 Å². The highest BCUT2D eigenvalue weighted by Crippen LogP contribution is 2.34. The Morgan fingerprint density at radius 3 is 2.39 bits per heavy atom. The Balaban J connectivity index is 1.53. The number of hydrogen-bond donors (Lipinski definition) is 1. The number of carbonyl (C=O) groups excluding carboxylic acids is 1. The van der Waals surface area contributed by atoms with E-state index in [0.29, 0.717) is 23.2 Å². The number of benzene rings is 4. The molecule has 5 rings (SSSR count). The summed E-state index contributed by atoms with van der Waals surface area (Å²) in [5, 5.41) is 15.8. The van der Waals surface area contributed by atoms with Crippen molar-refractivity contribution in [3.63, 3.8) is 0 Å². The van der Waals surface area contributed by atoms with Crippen molar-refractivity contribution in [1.82, 2.24) is 9.78 Å². The summed E-state index contributed by atoms with van der Waals surface area (Å²) in [5.41, 5.74) is 5.15. The lowest BCUT2D eigenvalue weighted by atomic mass is 10.0. The molecule has 1 atom stereocenters. The largest absolute Gasteiger partial charge is 0.497 e. The lowest BCUT2D eigenvalue weighted by Gasteiger charge is -2.17. The molecule has 4 aromatic carbocycles. The van der Waals surface area contributed by atoms with Crippen LogP contribution in [0.3, 0.4) is 0 Å². The van der Waals surface area contributed by atoms with Gasteiger partial charge < -0.3 is 9.84 Å². The monoisotopic (exact) mass is 550 g/mol. The molecule has 0 aliphatic rings. The van der Waals surface area contributed by atoms with Crippen LogP contribution in [-0.2, 0) is 4.79 Å². The number of fused-ring (bicyclic) bond motifs is 1. The van der Waals surface area contributed by atoms with Gasteiger partial charge in [0, 0.05) is 29.5 Å². The third-order valence-electron chi connectivity index (χ3n) is 7.35. The van der Waals surface area contributed by atoms with Crippen molar-refractivity contribution in [2.45, 2.75) is 39.2 Å². The Kier molecular flexibility index (Phi) is 7.97. The fraction of sp³-hybridized carbons (Fsp3) is 0.206. The van der Waals surface area contributed by atoms with E-state index in [1.165, 1.54) is 6.07 Å². The maximum absolute atomic E-state index is 14.9. The van der Waals surface area contributed by atoms with Gasteiger partial charge in [0.15, 0.2) is 5.78 Å². The Labute approximate surface area is 238 Å². The smallest absolute Gasteiger partial charge is 0.303 e. The van der Waals surface area contributed by atoms with Crippen molar-refractivity contribution in [3.8, 4) is 28.3 Å². The van der Waals surface area contributed by atoms with Gasteiger partial charge in [-0.25, -0.2) is 4.39 Å². The van der Waals surface area contributed by atoms with Crippen molar-refractivity contribution in [2.75, 3.05) is 7.11 Å². The fourth-order valence-corrected chi connectivity index (χ4v) is 5.02. The molecule has 0 bridgehead atoms. The lowest BCUT2D eigenvalue weighted by molar-refractivity contribution is -0.137. The Morgan fingerprint density at radius 1 is 0.927 bits per heavy atom. The molecule has 1 heterocycles. The van der Waals surface area contributed by atoms with Crippen LogP contribution in [0.2, 0.25) is 0 Å². The van der Waals surface area contributed by atoms with Gasteiger partial charge in [-0.1, -0.05) is 54.1 Å². The lowest BCUT2D eigenvalue weighted by Crippen LogP contribution is -2.11. The quantitative estimate of drug-likeness (QED) is 0.179. The first-order valence-electron chi connectivity index (χ1n) is 13.5. The average molecular weight is 551 g/mol. The maximum atomic E-state index is 14.9. The standard InChI is InChI=1S/C34H31FN2O4/c1-21-7-16-30(35)29(17-21)31-20-32(27-13-12-26-19-28(41-3)15-14-25(26)18-27)37(36-31)22(2)23-8-10-24(11-9-23)33(38)5-4-6-34(39)40/h7-20,22H,4-6H2,1-3H3,(H,39,40)/t22-/m0/s1. The number of ether oxygens (including phenoxy) is 1. The summed E-state index contributed by atoms with van der Waals surface area (Å²) in [6, 6.07) is 26.1. The number of ketones is 1. The molecule has 0 unspecified atom stereocenters. The van der Waals surface area contributed by atoms with E-state index in [2.05, 4.69) is 6.07 Å². The summed E-state index contributed by atoms with van der Waals surface area (Å²) in [6.07, 6.45) is 0.457. The van der Waals surface area contributed by atoms with Crippen molar-refractivity contribution >= 4 is 22.5 Å². The molecule has 0 fully saturated rings. The second kappa shape index (κ2) is 11.8. The number of carboxylic acids is 1. The van der Waals surface area contributed by atoms with Crippen LogP contribution in [0.5, 0.6) is 5.75 Å². The van der Waals surface area contributed by atoms with Gasteiger partial charge in [-0.05, 0) is 73.0 Å². The van der Waals surface area contributed by atoms with E-state index in [-0.39, 0.29) is 30.5 Å². The third-order valence-corrected chi connectivity index (χ3v) is 7.35. The van der Waals surface area contributed by atoms with Crippen LogP contribution in [-0.4, -0.2) is 33.7 Å². The van der Waals surface area contributed by atoms with E-state index in [1.54, 1.807) is 31.4 Å². The number of aryl methyl sites for hydroxylation is 1. The highest BCUT2D eigenvalue weighted by atomic mass is 19.1. The molecule has 0 aliphatic heterocycles. The fourth-order valence-electron chi connectivity index (χ4n) is 5.02. The van der Waals surface area contributed by atoms with E-state index >= 15 is 0 Å². The van der Waals surface area contributed by atoms with Crippen LogP contribution in [0.15, 0.2) is 84.9 Å². The van der Waals surface area contributed by atoms with Crippen LogP contribution in [0.4, 0.5) is 4.39 Å². The predicted molar refractivity (Wildman–Crippen MR) is 158 cm³/mol. The van der Waals surface area contributed by atoms with Crippen LogP contribution in [0, 0.1) is 12.7 Å². The van der Waals surface area contributed by atoms with Gasteiger partial charge in [0.1, 0.15) is 11.6 Å². The minimum absolute atomic E-state index is 0.0326. The molecule has 6 nitrogen and oxygen atoms in total. The number of halogens is 1. The summed E-state index contributed by atoms with van der Waals surface area (Å²) >= 11 is 0. The highest BCUT2D eigenvalue weighted by molar-refractivity contribution is 5.96. The molecular weight excluding hydrogens is 519 g/mol. The van der Waals surface area contributed by atoms with Crippen molar-refractivity contribution in [1.29, 1.82) is 0 Å². The number of hydrogen-bond acceptors (Lipinski definition) is 4. The second-order valence-corrected chi connectivity index (χ2v) is 10.2. The molecule has 1 N–H and O–H groups in total. The average Bonchev–Trinajstić information content (AvgIpc) is 3.42. The third kappa shape index (κ3) is 6.04. The Hall–Kier alpha value is -4.78. The molecule has 7 heteroatoms. The summed E-state index contributed by atoms with van der Waals surface area (Å²) in [7, 11) is 1.64. The predicted octanol–water partition coefficient (Wildman–Crippen LogP) is 7.87. The topological polar surface area (TPSA) is 81.4 Å². The molecular formula is C34H31FN2O4. The van der Waals surface area contributed by atoms with Crippen molar-refractivity contribution in [2.24, 2.45) is 0 Å². The SMILES string of the molecule is COc1ccc2cc(-c3cc(-c4cc(C)ccc4F)nn3[C@@H](C)c3ccc(C(=O)CCCC(=O)O)cc3)ccc2c1. The molecule has 0 saturated heterocycles. The molecule has 0 aliphatic carbocycles. The number of aromatic nitrogens is 2. The number of carboxylic acid groups (broad SMARTS) is 1. The molecule has 0 amide bonds. The van der Waals surface area contributed by atoms with Crippen LogP contribution < -0.4 is 4.74 Å². The normalized spacial score (nSPS) is 11.9. The highest BCUT2D eigenvalue weighted by Gasteiger charge is 2.20. The zero-order valence-electron chi connectivity index (χ0n) is 23.2. The van der Waals surface area contributed by atoms with Gasteiger partial charge in [0.2, 0.25) is 0 Å². The second-order valence-electron chi connectivity index (χ2n) is 10.2. The number of nitrogens with zero attached hydrogens (tertiary/aromatic N) is 2. The minimum Gasteiger partial charge on any atom is -0.497 e. The first kappa shape index (κ1) is 27.8. The first-order valence-corrected chi connectivity index (χ1v) is 13.5. The number of rotatable bonds is 10. The summed E-state index contributed by atoms with van der Waals surface area (Å²) in [5.74, 6) is -0.552. The molecule has 5 aromatic rings. The van der Waals surface area contributed by atoms with E-state index < -0.39 is 5.97 Å². The Morgan fingerprint density at radius 2 is 1.66 bits per heavy atom. The molecule has 0 saturated carbocycles. The van der Waals surface area contributed by atoms with Gasteiger partial charge in [-0.15, -0.1) is 0 Å². The first-order chi connectivity index (χ1) is 19.7. The van der Waals surface area contributed by atoms with Gasteiger partial charge >= 0.3 is 5.97 Å². The molecule has 0 radical (unpaired) electrons. The zero-order valence-corrected chi connectivity index (χ0v) is 23.2. The maximum Gasteiger partial charge on any atom is 0.303 e. The zero-order chi connectivity index (χ0) is 29.1. The van der Waals surface area contributed by atoms with Gasteiger partial charge in [0.05, 0.1) is 24.5 Å². The molecule has 41 heavy (non-hydrogen) atoms. The van der Waals surface area contributed by atoms with E-state index in [9.17, 15) is 14.0 Å². The van der Waals surface area contributed by atoms with Gasteiger partial charge in [-0.2, -0.15) is 5.10 Å². The summed E-state index contributed by atoms with van der Waals surface area (Å²) in [4.78, 5) is 23.3. The van der Waals surface area contributed by atoms with E-state index in [1.807, 2.05) is 67.1 Å². The summed E-state index contributed by atoms with van der Waals surface area (Å²) in [6.45, 7) is 3.94. The summed E-state index contributed by atoms with van der Waals surface area (Å²) < 4.78 is 22.2. The van der Waals surface area contributed by atoms with Gasteiger partial charge in [-0.3, -0.25) is 14.3 Å². The van der Waals surface area contributed by atoms with Crippen molar-refractivity contribution < 1.29 is 23.8 Å². The molecule has 1 aromatic heterocycles. The molecule has 0 spiro atoms. The Bertz CT molecular complexity index is 1740. The molecule has 208 valence electrons. The number of carbonyl (C=O) groups is 2. The van der Waals surface area contributed by atoms with Crippen molar-refractivity contribution in [3.05, 3.63) is 107 Å². The van der Waals surface area contributed by atoms with Crippen LogP contribution in [0.1, 0.15) is 53.7 Å². The number of methoxy groups -OCH3 is 1. The van der Waals surface area contributed by atoms with Crippen LogP contribution in [0.25, 0.3) is 33.3 Å².